The molecule has 0 bridgehead atoms. The number of hydrogen-bond acceptors (Lipinski definition) is 1. The van der Waals surface area contributed by atoms with Gasteiger partial charge in [-0.1, -0.05) is 11.6 Å². The van der Waals surface area contributed by atoms with Crippen LogP contribution in [0, 0.1) is 0 Å². The molecule has 0 aliphatic heterocycles. The van der Waals surface area contributed by atoms with Crippen LogP contribution in [-0.2, 0) is 0 Å². The van der Waals surface area contributed by atoms with E-state index in [1.807, 2.05) is 18.2 Å². The van der Waals surface area contributed by atoms with Crippen LogP contribution in [0.25, 0.3) is 0 Å². The van der Waals surface area contributed by atoms with E-state index in [9.17, 15) is 0 Å². The molecule has 3 heteroatoms. The molecule has 1 nitrogen and oxygen atoms in total. The van der Waals surface area contributed by atoms with Gasteiger partial charge in [-0.05, 0) is 53.4 Å². The third-order valence-electron chi connectivity index (χ3n) is 2.40. The van der Waals surface area contributed by atoms with E-state index in [4.69, 9.17) is 11.6 Å². The van der Waals surface area contributed by atoms with Gasteiger partial charge in [-0.25, -0.2) is 0 Å². The number of halogens is 2. The van der Waals surface area contributed by atoms with Gasteiger partial charge in [0.2, 0.25) is 0 Å². The number of nitrogens with one attached hydrogen (secondary N) is 1. The van der Waals surface area contributed by atoms with Crippen molar-refractivity contribution in [2.75, 3.05) is 5.32 Å². The van der Waals surface area contributed by atoms with Crippen molar-refractivity contribution in [2.24, 2.45) is 0 Å². The third-order valence-corrected chi connectivity index (χ3v) is 3.61. The first-order valence-corrected chi connectivity index (χ1v) is 5.64. The van der Waals surface area contributed by atoms with Gasteiger partial charge >= 0.3 is 0 Å². The predicted octanol–water partition coefficient (Wildman–Crippen LogP) is 4.07. The molecule has 70 valence electrons. The molecule has 0 heterocycles. The van der Waals surface area contributed by atoms with Crippen molar-refractivity contribution in [3.8, 4) is 0 Å². The maximum atomic E-state index is 5.89. The molecule has 0 aromatic heterocycles. The van der Waals surface area contributed by atoms with E-state index in [0.717, 1.165) is 15.2 Å². The van der Waals surface area contributed by atoms with E-state index in [1.54, 1.807) is 0 Å². The highest BCUT2D eigenvalue weighted by atomic mass is 79.9. The first-order valence-electron chi connectivity index (χ1n) is 4.47. The van der Waals surface area contributed by atoms with Crippen LogP contribution in [-0.4, -0.2) is 6.04 Å². The number of hydrogen-bond donors (Lipinski definition) is 1. The average Bonchev–Trinajstić information content (AvgIpc) is 2.04. The zero-order valence-corrected chi connectivity index (χ0v) is 9.53. The van der Waals surface area contributed by atoms with Gasteiger partial charge in [0.1, 0.15) is 0 Å². The Hall–Kier alpha value is -0.210. The fourth-order valence-corrected chi connectivity index (χ4v) is 1.87. The number of benzene rings is 1. The molecule has 13 heavy (non-hydrogen) atoms. The summed E-state index contributed by atoms with van der Waals surface area (Å²) >= 11 is 9.29. The second-order valence-electron chi connectivity index (χ2n) is 3.40. The van der Waals surface area contributed by atoms with Crippen molar-refractivity contribution < 1.29 is 0 Å². The Morgan fingerprint density at radius 3 is 2.69 bits per heavy atom. The summed E-state index contributed by atoms with van der Waals surface area (Å²) in [5.74, 6) is 0. The van der Waals surface area contributed by atoms with Crippen LogP contribution in [0.2, 0.25) is 5.02 Å². The zero-order valence-electron chi connectivity index (χ0n) is 7.19. The highest BCUT2D eigenvalue weighted by Crippen LogP contribution is 2.28. The van der Waals surface area contributed by atoms with Gasteiger partial charge in [0, 0.05) is 16.2 Å². The molecular weight excluding hydrogens is 249 g/mol. The van der Waals surface area contributed by atoms with Crippen molar-refractivity contribution in [1.29, 1.82) is 0 Å². The normalized spacial score (nSPS) is 16.8. The summed E-state index contributed by atoms with van der Waals surface area (Å²) in [5, 5.41) is 4.22. The minimum Gasteiger partial charge on any atom is -0.382 e. The molecule has 1 saturated carbocycles. The SMILES string of the molecule is Clc1ccc(NC2CCC2)cc1Br. The Bertz CT molecular complexity index is 310. The maximum Gasteiger partial charge on any atom is 0.0549 e. The summed E-state index contributed by atoms with van der Waals surface area (Å²) in [5.41, 5.74) is 1.15. The Morgan fingerprint density at radius 2 is 2.15 bits per heavy atom. The highest BCUT2D eigenvalue weighted by Gasteiger charge is 2.16. The van der Waals surface area contributed by atoms with Crippen LogP contribution in [0.1, 0.15) is 19.3 Å². The van der Waals surface area contributed by atoms with E-state index in [2.05, 4.69) is 21.2 Å². The zero-order chi connectivity index (χ0) is 9.26. The van der Waals surface area contributed by atoms with Gasteiger partial charge in [0.15, 0.2) is 0 Å². The molecule has 1 aromatic rings. The minimum absolute atomic E-state index is 0.674. The van der Waals surface area contributed by atoms with Crippen LogP contribution < -0.4 is 5.32 Å². The predicted molar refractivity (Wildman–Crippen MR) is 60.4 cm³/mol. The van der Waals surface area contributed by atoms with E-state index >= 15 is 0 Å². The molecule has 0 radical (unpaired) electrons. The third kappa shape index (κ3) is 2.18. The quantitative estimate of drug-likeness (QED) is 0.845. The number of rotatable bonds is 2. The monoisotopic (exact) mass is 259 g/mol. The lowest BCUT2D eigenvalue weighted by Gasteiger charge is -2.27. The van der Waals surface area contributed by atoms with Crippen LogP contribution >= 0.6 is 27.5 Å². The Morgan fingerprint density at radius 1 is 1.38 bits per heavy atom. The number of anilines is 1. The van der Waals surface area contributed by atoms with Gasteiger partial charge in [0.25, 0.3) is 0 Å². The molecular formula is C10H11BrClN. The summed E-state index contributed by atoms with van der Waals surface area (Å²) in [7, 11) is 0. The van der Waals surface area contributed by atoms with Crippen molar-refractivity contribution in [3.05, 3.63) is 27.7 Å². The lowest BCUT2D eigenvalue weighted by molar-refractivity contribution is 0.445. The molecule has 1 fully saturated rings. The van der Waals surface area contributed by atoms with Crippen molar-refractivity contribution >= 4 is 33.2 Å². The highest BCUT2D eigenvalue weighted by molar-refractivity contribution is 9.10. The topological polar surface area (TPSA) is 12.0 Å². The van der Waals surface area contributed by atoms with Gasteiger partial charge in [0.05, 0.1) is 5.02 Å². The molecule has 1 N–H and O–H groups in total. The molecule has 1 aromatic carbocycles. The van der Waals surface area contributed by atoms with Gasteiger partial charge in [-0.3, -0.25) is 0 Å². The molecule has 1 aliphatic rings. The fourth-order valence-electron chi connectivity index (χ4n) is 1.37. The standard InChI is InChI=1S/C10H11BrClN/c11-9-6-8(4-5-10(9)12)13-7-2-1-3-7/h4-7,13H,1-3H2. The van der Waals surface area contributed by atoms with Crippen LogP contribution in [0.4, 0.5) is 5.69 Å². The molecule has 0 atom stereocenters. The summed E-state index contributed by atoms with van der Waals surface area (Å²) < 4.78 is 0.957. The van der Waals surface area contributed by atoms with Gasteiger partial charge < -0.3 is 5.32 Å². The van der Waals surface area contributed by atoms with Crippen molar-refractivity contribution in [1.82, 2.24) is 0 Å². The van der Waals surface area contributed by atoms with Gasteiger partial charge in [-0.2, -0.15) is 0 Å². The lowest BCUT2D eigenvalue weighted by Crippen LogP contribution is -2.26. The molecule has 2 rings (SSSR count). The van der Waals surface area contributed by atoms with Crippen molar-refractivity contribution in [3.63, 3.8) is 0 Å². The van der Waals surface area contributed by atoms with Crippen LogP contribution in [0.3, 0.4) is 0 Å². The maximum absolute atomic E-state index is 5.89. The largest absolute Gasteiger partial charge is 0.382 e. The van der Waals surface area contributed by atoms with E-state index in [0.29, 0.717) is 6.04 Å². The summed E-state index contributed by atoms with van der Waals surface area (Å²) in [6.07, 6.45) is 3.94. The fraction of sp³-hybridized carbons (Fsp3) is 0.400. The molecule has 0 amide bonds. The molecule has 0 spiro atoms. The summed E-state index contributed by atoms with van der Waals surface area (Å²) in [4.78, 5) is 0. The minimum atomic E-state index is 0.674. The molecule has 1 aliphatic carbocycles. The van der Waals surface area contributed by atoms with Gasteiger partial charge in [-0.15, -0.1) is 0 Å². The van der Waals surface area contributed by atoms with E-state index in [-0.39, 0.29) is 0 Å². The molecule has 0 unspecified atom stereocenters. The van der Waals surface area contributed by atoms with E-state index in [1.165, 1.54) is 19.3 Å². The summed E-state index contributed by atoms with van der Waals surface area (Å²) in [6.45, 7) is 0. The smallest absolute Gasteiger partial charge is 0.0549 e. The summed E-state index contributed by atoms with van der Waals surface area (Å²) in [6, 6.07) is 6.63. The van der Waals surface area contributed by atoms with E-state index < -0.39 is 0 Å². The second-order valence-corrected chi connectivity index (χ2v) is 4.66. The Kier molecular flexibility index (Phi) is 2.80. The second kappa shape index (κ2) is 3.89. The Labute approximate surface area is 91.6 Å². The lowest BCUT2D eigenvalue weighted by atomic mass is 9.93. The molecule has 0 saturated heterocycles. The van der Waals surface area contributed by atoms with Crippen LogP contribution in [0.15, 0.2) is 22.7 Å². The first-order chi connectivity index (χ1) is 6.25. The average molecular weight is 261 g/mol. The Balaban J connectivity index is 2.07. The van der Waals surface area contributed by atoms with Crippen molar-refractivity contribution in [2.45, 2.75) is 25.3 Å². The first kappa shape index (κ1) is 9.35. The van der Waals surface area contributed by atoms with Crippen LogP contribution in [0.5, 0.6) is 0 Å².